The fraction of sp³-hybridized carbons (Fsp3) is 0.545. The van der Waals surface area contributed by atoms with Crippen LogP contribution in [0.15, 0.2) is 30.0 Å². The molecule has 0 bridgehead atoms. The zero-order valence-corrected chi connectivity index (χ0v) is 16.3. The second kappa shape index (κ2) is 8.68. The first-order chi connectivity index (χ1) is 13.0. The normalized spacial score (nSPS) is 20.8. The van der Waals surface area contributed by atoms with E-state index >= 15 is 0 Å². The molecule has 1 aromatic rings. The fourth-order valence-corrected chi connectivity index (χ4v) is 4.03. The topological polar surface area (TPSA) is 40.6 Å². The first kappa shape index (κ1) is 19.6. The molecule has 1 aromatic carbocycles. The molecule has 0 spiro atoms. The van der Waals surface area contributed by atoms with Crippen LogP contribution in [0, 0.1) is 11.7 Å². The molecule has 0 saturated carbocycles. The predicted octanol–water partition coefficient (Wildman–Crippen LogP) is 4.22. The fourth-order valence-electron chi connectivity index (χ4n) is 4.03. The summed E-state index contributed by atoms with van der Waals surface area (Å²) in [4.78, 5) is 29.8. The highest BCUT2D eigenvalue weighted by Crippen LogP contribution is 2.34. The Morgan fingerprint density at radius 3 is 2.48 bits per heavy atom. The van der Waals surface area contributed by atoms with Crippen LogP contribution in [0.25, 0.3) is 5.57 Å². The Morgan fingerprint density at radius 1 is 1.07 bits per heavy atom. The largest absolute Gasteiger partial charge is 0.366 e. The average molecular weight is 372 g/mol. The maximum atomic E-state index is 13.4. The van der Waals surface area contributed by atoms with E-state index in [4.69, 9.17) is 0 Å². The van der Waals surface area contributed by atoms with Gasteiger partial charge >= 0.3 is 0 Å². The van der Waals surface area contributed by atoms with Crippen molar-refractivity contribution in [1.29, 1.82) is 0 Å². The van der Waals surface area contributed by atoms with Gasteiger partial charge in [-0.1, -0.05) is 45.2 Å². The smallest absolute Gasteiger partial charge is 0.277 e. The number of halogens is 1. The highest BCUT2D eigenvalue weighted by molar-refractivity contribution is 6.35. The number of piperidine rings is 1. The van der Waals surface area contributed by atoms with Crippen LogP contribution in [-0.2, 0) is 9.59 Å². The monoisotopic (exact) mass is 372 g/mol. The SMILES string of the molecule is CCCCCCN1C(=O)C(c2ccc(F)cc2)=C(N2CCCC(C)C2)C1=O. The Balaban J connectivity index is 1.92. The molecule has 0 aliphatic carbocycles. The van der Waals surface area contributed by atoms with Crippen LogP contribution < -0.4 is 0 Å². The highest BCUT2D eigenvalue weighted by Gasteiger charge is 2.41. The maximum absolute atomic E-state index is 13.4. The molecule has 0 radical (unpaired) electrons. The molecule has 1 unspecified atom stereocenters. The lowest BCUT2D eigenvalue weighted by Gasteiger charge is -2.33. The van der Waals surface area contributed by atoms with Crippen LogP contribution >= 0.6 is 0 Å². The van der Waals surface area contributed by atoms with Crippen LogP contribution in [0.5, 0.6) is 0 Å². The van der Waals surface area contributed by atoms with Gasteiger partial charge in [0, 0.05) is 19.6 Å². The van der Waals surface area contributed by atoms with Crippen molar-refractivity contribution in [2.24, 2.45) is 5.92 Å². The standard InChI is InChI=1S/C22H29FN2O2/c1-3-4-5-6-14-25-21(26)19(17-9-11-18(23)12-10-17)20(22(25)27)24-13-7-8-16(2)15-24/h9-12,16H,3-8,13-15H2,1-2H3. The Hall–Kier alpha value is -2.17. The van der Waals surface area contributed by atoms with Crippen molar-refractivity contribution in [3.05, 3.63) is 41.3 Å². The van der Waals surface area contributed by atoms with E-state index in [1.807, 2.05) is 0 Å². The van der Waals surface area contributed by atoms with Crippen LogP contribution in [0.2, 0.25) is 0 Å². The summed E-state index contributed by atoms with van der Waals surface area (Å²) < 4.78 is 13.4. The molecule has 2 amide bonds. The number of hydrogen-bond donors (Lipinski definition) is 0. The Kier molecular flexibility index (Phi) is 6.30. The first-order valence-electron chi connectivity index (χ1n) is 10.1. The number of unbranched alkanes of at least 4 members (excludes halogenated alkanes) is 3. The van der Waals surface area contributed by atoms with Crippen LogP contribution in [-0.4, -0.2) is 41.2 Å². The summed E-state index contributed by atoms with van der Waals surface area (Å²) >= 11 is 0. The number of carbonyl (C=O) groups excluding carboxylic acids is 2. The average Bonchev–Trinajstić information content (AvgIpc) is 2.90. The quantitative estimate of drug-likeness (QED) is 0.532. The van der Waals surface area contributed by atoms with Gasteiger partial charge in [-0.2, -0.15) is 0 Å². The van der Waals surface area contributed by atoms with Gasteiger partial charge in [0.1, 0.15) is 11.5 Å². The van der Waals surface area contributed by atoms with E-state index in [2.05, 4.69) is 18.7 Å². The van der Waals surface area contributed by atoms with Crippen molar-refractivity contribution in [3.8, 4) is 0 Å². The van der Waals surface area contributed by atoms with E-state index in [0.717, 1.165) is 51.6 Å². The molecule has 0 N–H and O–H groups in total. The van der Waals surface area contributed by atoms with Gasteiger partial charge in [0.25, 0.3) is 11.8 Å². The lowest BCUT2D eigenvalue weighted by Crippen LogP contribution is -2.39. The molecular formula is C22H29FN2O2. The molecule has 146 valence electrons. The van der Waals surface area contributed by atoms with Gasteiger partial charge in [0.2, 0.25) is 0 Å². The number of likely N-dealkylation sites (tertiary alicyclic amines) is 1. The summed E-state index contributed by atoms with van der Waals surface area (Å²) in [5.41, 5.74) is 1.57. The van der Waals surface area contributed by atoms with Crippen molar-refractivity contribution in [2.75, 3.05) is 19.6 Å². The first-order valence-corrected chi connectivity index (χ1v) is 10.1. The predicted molar refractivity (Wildman–Crippen MR) is 104 cm³/mol. The van der Waals surface area contributed by atoms with E-state index in [-0.39, 0.29) is 17.6 Å². The third-order valence-corrected chi connectivity index (χ3v) is 5.48. The molecule has 1 saturated heterocycles. The van der Waals surface area contributed by atoms with E-state index in [9.17, 15) is 14.0 Å². The van der Waals surface area contributed by atoms with Crippen molar-refractivity contribution in [1.82, 2.24) is 9.80 Å². The molecule has 1 fully saturated rings. The minimum atomic E-state index is -0.347. The second-order valence-electron chi connectivity index (χ2n) is 7.75. The zero-order valence-electron chi connectivity index (χ0n) is 16.3. The van der Waals surface area contributed by atoms with Crippen LogP contribution in [0.3, 0.4) is 0 Å². The third-order valence-electron chi connectivity index (χ3n) is 5.48. The third kappa shape index (κ3) is 4.23. The summed E-state index contributed by atoms with van der Waals surface area (Å²) in [7, 11) is 0. The summed E-state index contributed by atoms with van der Waals surface area (Å²) in [6, 6.07) is 5.90. The molecule has 4 nitrogen and oxygen atoms in total. The van der Waals surface area contributed by atoms with Crippen molar-refractivity contribution >= 4 is 17.4 Å². The summed E-state index contributed by atoms with van der Waals surface area (Å²) in [5.74, 6) is -0.288. The second-order valence-corrected chi connectivity index (χ2v) is 7.75. The minimum Gasteiger partial charge on any atom is -0.366 e. The van der Waals surface area contributed by atoms with Crippen molar-refractivity contribution in [2.45, 2.75) is 52.4 Å². The van der Waals surface area contributed by atoms with Crippen molar-refractivity contribution in [3.63, 3.8) is 0 Å². The van der Waals surface area contributed by atoms with E-state index in [1.54, 1.807) is 12.1 Å². The maximum Gasteiger partial charge on any atom is 0.277 e. The van der Waals surface area contributed by atoms with Crippen LogP contribution in [0.1, 0.15) is 57.9 Å². The van der Waals surface area contributed by atoms with E-state index in [1.165, 1.54) is 17.0 Å². The van der Waals surface area contributed by atoms with E-state index in [0.29, 0.717) is 29.3 Å². The van der Waals surface area contributed by atoms with Crippen molar-refractivity contribution < 1.29 is 14.0 Å². The number of rotatable bonds is 7. The number of amides is 2. The van der Waals surface area contributed by atoms with Gasteiger partial charge in [0.15, 0.2) is 0 Å². The van der Waals surface area contributed by atoms with Gasteiger partial charge < -0.3 is 4.90 Å². The Bertz CT molecular complexity index is 726. The lowest BCUT2D eigenvalue weighted by atomic mass is 9.98. The van der Waals surface area contributed by atoms with Gasteiger partial charge in [-0.05, 0) is 42.9 Å². The number of benzene rings is 1. The molecule has 27 heavy (non-hydrogen) atoms. The van der Waals surface area contributed by atoms with E-state index < -0.39 is 0 Å². The molecule has 5 heteroatoms. The number of imide groups is 1. The summed E-state index contributed by atoms with van der Waals surface area (Å²) in [6.07, 6.45) is 6.20. The lowest BCUT2D eigenvalue weighted by molar-refractivity contribution is -0.137. The Labute approximate surface area is 161 Å². The number of nitrogens with zero attached hydrogens (tertiary/aromatic N) is 2. The molecular weight excluding hydrogens is 343 g/mol. The Morgan fingerprint density at radius 2 is 1.81 bits per heavy atom. The number of hydrogen-bond acceptors (Lipinski definition) is 3. The van der Waals surface area contributed by atoms with Crippen LogP contribution in [0.4, 0.5) is 4.39 Å². The summed E-state index contributed by atoms with van der Waals surface area (Å²) in [6.45, 7) is 6.33. The van der Waals surface area contributed by atoms with Gasteiger partial charge in [0.05, 0.1) is 5.57 Å². The van der Waals surface area contributed by atoms with Gasteiger partial charge in [-0.15, -0.1) is 0 Å². The zero-order chi connectivity index (χ0) is 19.4. The molecule has 3 rings (SSSR count). The number of carbonyl (C=O) groups is 2. The molecule has 1 atom stereocenters. The van der Waals surface area contributed by atoms with Gasteiger partial charge in [-0.3, -0.25) is 14.5 Å². The minimum absolute atomic E-state index is 0.190. The molecule has 0 aromatic heterocycles. The summed E-state index contributed by atoms with van der Waals surface area (Å²) in [5, 5.41) is 0. The molecule has 2 aliphatic rings. The molecule has 2 aliphatic heterocycles. The molecule has 2 heterocycles. The van der Waals surface area contributed by atoms with Gasteiger partial charge in [-0.25, -0.2) is 4.39 Å². The highest BCUT2D eigenvalue weighted by atomic mass is 19.1.